The Morgan fingerprint density at radius 3 is 2.55 bits per heavy atom. The van der Waals surface area contributed by atoms with Crippen molar-refractivity contribution in [3.05, 3.63) is 42.0 Å². The molecule has 1 aliphatic heterocycles. The van der Waals surface area contributed by atoms with E-state index in [0.717, 1.165) is 6.42 Å². The van der Waals surface area contributed by atoms with Crippen molar-refractivity contribution in [2.24, 2.45) is 0 Å². The minimum Gasteiger partial charge on any atom is -0.437 e. The van der Waals surface area contributed by atoms with Crippen molar-refractivity contribution in [3.63, 3.8) is 0 Å². The Morgan fingerprint density at radius 1 is 1.32 bits per heavy atom. The Kier molecular flexibility index (Phi) is 4.47. The zero-order chi connectivity index (χ0) is 16.4. The van der Waals surface area contributed by atoms with Gasteiger partial charge in [-0.3, -0.25) is 0 Å². The summed E-state index contributed by atoms with van der Waals surface area (Å²) < 4.78 is 5.45. The van der Waals surface area contributed by atoms with Crippen molar-refractivity contribution in [1.82, 2.24) is 5.43 Å². The third kappa shape index (κ3) is 3.09. The van der Waals surface area contributed by atoms with Crippen molar-refractivity contribution >= 4 is 11.8 Å². The van der Waals surface area contributed by atoms with Crippen LogP contribution in [-0.2, 0) is 4.74 Å². The lowest BCUT2D eigenvalue weighted by molar-refractivity contribution is -0.160. The van der Waals surface area contributed by atoms with E-state index in [9.17, 15) is 9.90 Å². The van der Waals surface area contributed by atoms with Gasteiger partial charge in [-0.15, -0.1) is 0 Å². The van der Waals surface area contributed by atoms with Crippen molar-refractivity contribution in [2.75, 3.05) is 5.01 Å². The van der Waals surface area contributed by atoms with Gasteiger partial charge in [0.15, 0.2) is 11.3 Å². The minimum atomic E-state index is -1.38. The second-order valence-electron chi connectivity index (χ2n) is 6.24. The number of amides is 1. The Bertz CT molecular complexity index is 565. The first-order valence-electron chi connectivity index (χ1n) is 7.47. The molecule has 120 valence electrons. The molecule has 0 spiro atoms. The molecule has 5 heteroatoms. The highest BCUT2D eigenvalue weighted by Crippen LogP contribution is 2.38. The number of para-hydroxylation sites is 1. The van der Waals surface area contributed by atoms with Crippen LogP contribution in [0, 0.1) is 0 Å². The lowest BCUT2D eigenvalue weighted by Crippen LogP contribution is -2.73. The van der Waals surface area contributed by atoms with E-state index in [1.54, 1.807) is 13.8 Å². The number of anilines is 1. The SMILES string of the molecule is CC(C)=CCCC1(C)OC(=O)NN(c2ccccc2)C1(C)O. The molecule has 0 saturated carbocycles. The van der Waals surface area contributed by atoms with Gasteiger partial charge in [0.05, 0.1) is 5.69 Å². The van der Waals surface area contributed by atoms with E-state index in [1.165, 1.54) is 10.6 Å². The number of carbonyl (C=O) groups excluding carboxylic acids is 1. The summed E-state index contributed by atoms with van der Waals surface area (Å²) in [5.41, 5.74) is 2.09. The number of carbonyl (C=O) groups is 1. The van der Waals surface area contributed by atoms with E-state index in [0.29, 0.717) is 12.1 Å². The normalized spacial score (nSPS) is 27.9. The van der Waals surface area contributed by atoms with E-state index in [2.05, 4.69) is 11.5 Å². The van der Waals surface area contributed by atoms with Crippen LogP contribution in [0.3, 0.4) is 0 Å². The molecular weight excluding hydrogens is 280 g/mol. The molecule has 0 aromatic heterocycles. The molecule has 1 aliphatic rings. The maximum absolute atomic E-state index is 11.9. The molecule has 2 atom stereocenters. The van der Waals surface area contributed by atoms with E-state index >= 15 is 0 Å². The van der Waals surface area contributed by atoms with Gasteiger partial charge < -0.3 is 9.84 Å². The fourth-order valence-corrected chi connectivity index (χ4v) is 2.58. The average molecular weight is 304 g/mol. The molecule has 1 saturated heterocycles. The lowest BCUT2D eigenvalue weighted by atomic mass is 9.86. The third-order valence-electron chi connectivity index (χ3n) is 4.15. The van der Waals surface area contributed by atoms with Gasteiger partial charge in [-0.05, 0) is 52.7 Å². The van der Waals surface area contributed by atoms with Crippen molar-refractivity contribution in [2.45, 2.75) is 51.9 Å². The van der Waals surface area contributed by atoms with E-state index < -0.39 is 17.4 Å². The molecule has 22 heavy (non-hydrogen) atoms. The number of allylic oxidation sites excluding steroid dienone is 2. The van der Waals surface area contributed by atoms with Crippen LogP contribution in [-0.4, -0.2) is 22.5 Å². The van der Waals surface area contributed by atoms with Gasteiger partial charge in [0.25, 0.3) is 0 Å². The molecule has 1 aromatic carbocycles. The van der Waals surface area contributed by atoms with E-state index in [4.69, 9.17) is 4.74 Å². The molecule has 2 N–H and O–H groups in total. The third-order valence-corrected chi connectivity index (χ3v) is 4.15. The molecule has 1 aromatic rings. The zero-order valence-electron chi connectivity index (χ0n) is 13.6. The first-order chi connectivity index (χ1) is 10.3. The van der Waals surface area contributed by atoms with Gasteiger partial charge in [0.1, 0.15) is 0 Å². The zero-order valence-corrected chi connectivity index (χ0v) is 13.6. The highest BCUT2D eigenvalue weighted by molar-refractivity contribution is 5.73. The second kappa shape index (κ2) is 6.01. The molecular formula is C17H24N2O3. The van der Waals surface area contributed by atoms with Gasteiger partial charge in [0, 0.05) is 0 Å². The van der Waals surface area contributed by atoms with Gasteiger partial charge in [-0.1, -0.05) is 29.8 Å². The fourth-order valence-electron chi connectivity index (χ4n) is 2.58. The number of nitrogens with one attached hydrogen (secondary N) is 1. The Labute approximate surface area is 131 Å². The van der Waals surface area contributed by atoms with Crippen LogP contribution in [0.4, 0.5) is 10.5 Å². The Hall–Kier alpha value is -2.01. The number of ether oxygens (including phenoxy) is 1. The predicted molar refractivity (Wildman–Crippen MR) is 86.2 cm³/mol. The molecule has 5 nitrogen and oxygen atoms in total. The van der Waals surface area contributed by atoms with Gasteiger partial charge >= 0.3 is 6.09 Å². The second-order valence-corrected chi connectivity index (χ2v) is 6.24. The molecule has 1 fully saturated rings. The summed E-state index contributed by atoms with van der Waals surface area (Å²) in [5.74, 6) is 0. The number of benzene rings is 1. The summed E-state index contributed by atoms with van der Waals surface area (Å²) in [5, 5.41) is 12.5. The van der Waals surface area contributed by atoms with Crippen LogP contribution in [0.1, 0.15) is 40.5 Å². The molecule has 2 unspecified atom stereocenters. The van der Waals surface area contributed by atoms with Crippen LogP contribution < -0.4 is 10.4 Å². The Morgan fingerprint density at radius 2 is 1.95 bits per heavy atom. The van der Waals surface area contributed by atoms with Crippen LogP contribution >= 0.6 is 0 Å². The number of aliphatic hydroxyl groups is 1. The van der Waals surface area contributed by atoms with Crippen molar-refractivity contribution in [1.29, 1.82) is 0 Å². The smallest absolute Gasteiger partial charge is 0.426 e. The highest BCUT2D eigenvalue weighted by Gasteiger charge is 2.54. The molecule has 2 rings (SSSR count). The first kappa shape index (κ1) is 16.4. The molecule has 1 heterocycles. The summed E-state index contributed by atoms with van der Waals surface area (Å²) in [6.45, 7) is 7.46. The maximum atomic E-state index is 11.9. The number of hydrogen-bond acceptors (Lipinski definition) is 4. The standard InChI is InChI=1S/C17H24N2O3/c1-13(2)9-8-12-16(3)17(4,21)19(18-15(20)22-16)14-10-6-5-7-11-14/h5-7,9-11,21H,8,12H2,1-4H3,(H,18,20). The summed E-state index contributed by atoms with van der Waals surface area (Å²) in [6, 6.07) is 9.25. The number of hydrazine groups is 1. The maximum Gasteiger partial charge on any atom is 0.426 e. The first-order valence-corrected chi connectivity index (χ1v) is 7.47. The molecule has 0 radical (unpaired) electrons. The number of hydrogen-bond donors (Lipinski definition) is 2. The van der Waals surface area contributed by atoms with Crippen molar-refractivity contribution < 1.29 is 14.6 Å². The fraction of sp³-hybridized carbons (Fsp3) is 0.471. The number of rotatable bonds is 4. The predicted octanol–water partition coefficient (Wildman–Crippen LogP) is 3.36. The van der Waals surface area contributed by atoms with E-state index in [-0.39, 0.29) is 0 Å². The monoisotopic (exact) mass is 304 g/mol. The topological polar surface area (TPSA) is 61.8 Å². The molecule has 0 bridgehead atoms. The van der Waals surface area contributed by atoms with Crippen LogP contribution in [0.5, 0.6) is 0 Å². The van der Waals surface area contributed by atoms with Gasteiger partial charge in [-0.25, -0.2) is 15.2 Å². The van der Waals surface area contributed by atoms with Crippen molar-refractivity contribution in [3.8, 4) is 0 Å². The number of nitrogens with zero attached hydrogens (tertiary/aromatic N) is 1. The summed E-state index contributed by atoms with van der Waals surface area (Å²) in [4.78, 5) is 11.9. The van der Waals surface area contributed by atoms with Crippen LogP contribution in [0.2, 0.25) is 0 Å². The van der Waals surface area contributed by atoms with Crippen LogP contribution in [0.25, 0.3) is 0 Å². The van der Waals surface area contributed by atoms with E-state index in [1.807, 2.05) is 44.2 Å². The summed E-state index contributed by atoms with van der Waals surface area (Å²) in [6.07, 6.45) is 2.77. The van der Waals surface area contributed by atoms with Gasteiger partial charge in [0.2, 0.25) is 0 Å². The highest BCUT2D eigenvalue weighted by atomic mass is 16.6. The molecule has 1 amide bonds. The number of cyclic esters (lactones) is 1. The minimum absolute atomic E-state index is 0.530. The van der Waals surface area contributed by atoms with Gasteiger partial charge in [-0.2, -0.15) is 0 Å². The molecule has 0 aliphatic carbocycles. The summed E-state index contributed by atoms with van der Waals surface area (Å²) in [7, 11) is 0. The van der Waals surface area contributed by atoms with Crippen LogP contribution in [0.15, 0.2) is 42.0 Å². The largest absolute Gasteiger partial charge is 0.437 e. The summed E-state index contributed by atoms with van der Waals surface area (Å²) >= 11 is 0. The lowest BCUT2D eigenvalue weighted by Gasteiger charge is -2.52. The quantitative estimate of drug-likeness (QED) is 0.837. The Balaban J connectivity index is 2.30. The average Bonchev–Trinajstić information content (AvgIpc) is 2.43.